The fraction of sp³-hybridized carbons (Fsp3) is 0.727. The van der Waals surface area contributed by atoms with Crippen LogP contribution in [0.25, 0.3) is 0 Å². The van der Waals surface area contributed by atoms with Crippen molar-refractivity contribution in [3.63, 3.8) is 0 Å². The first-order valence-electron chi connectivity index (χ1n) is 10.3. The Morgan fingerprint density at radius 2 is 1.80 bits per heavy atom. The Labute approximate surface area is 193 Å². The zero-order chi connectivity index (χ0) is 22.9. The summed E-state index contributed by atoms with van der Waals surface area (Å²) in [5, 5.41) is 2.65. The number of alkyl halides is 1. The summed E-state index contributed by atoms with van der Waals surface area (Å²) in [6, 6.07) is -0.895. The first-order chi connectivity index (χ1) is 13.8. The summed E-state index contributed by atoms with van der Waals surface area (Å²) in [4.78, 5) is 25.1. The second kappa shape index (κ2) is 12.0. The third-order valence-corrected chi connectivity index (χ3v) is 5.02. The average Bonchev–Trinajstić information content (AvgIpc) is 2.57. The minimum absolute atomic E-state index is 0.140. The second-order valence-electron chi connectivity index (χ2n) is 9.22. The van der Waals surface area contributed by atoms with Gasteiger partial charge in [-0.3, -0.25) is 4.39 Å². The van der Waals surface area contributed by atoms with Gasteiger partial charge in [-0.15, -0.1) is 0 Å². The molecular formula is C22H35FINO5. The molecule has 0 bridgehead atoms. The number of carbonyl (C=O) groups is 2. The van der Waals surface area contributed by atoms with Crippen molar-refractivity contribution in [3.05, 3.63) is 21.3 Å². The molecule has 0 saturated carbocycles. The molecule has 1 aliphatic carbocycles. The van der Waals surface area contributed by atoms with Gasteiger partial charge in [-0.1, -0.05) is 12.2 Å². The zero-order valence-electron chi connectivity index (χ0n) is 18.8. The molecule has 1 aliphatic rings. The number of ether oxygens (including phenoxy) is 3. The van der Waals surface area contributed by atoms with E-state index < -0.39 is 29.3 Å². The first-order valence-corrected chi connectivity index (χ1v) is 11.4. The lowest BCUT2D eigenvalue weighted by atomic mass is 9.98. The molecule has 172 valence electrons. The number of nitrogens with one attached hydrogen (secondary N) is 1. The predicted octanol–water partition coefficient (Wildman–Crippen LogP) is 5.40. The third kappa shape index (κ3) is 11.3. The molecule has 0 saturated heterocycles. The molecule has 0 aromatic rings. The molecule has 1 amide bonds. The topological polar surface area (TPSA) is 73.9 Å². The fourth-order valence-electron chi connectivity index (χ4n) is 2.67. The predicted molar refractivity (Wildman–Crippen MR) is 123 cm³/mol. The number of halogens is 2. The minimum atomic E-state index is -0.895. The number of carbonyl (C=O) groups excluding carboxylic acids is 2. The monoisotopic (exact) mass is 539 g/mol. The van der Waals surface area contributed by atoms with Gasteiger partial charge in [0, 0.05) is 16.6 Å². The standard InChI is InChI=1S/C22H35FINO5/c1-21(2,3)29-19(26)18(25-20(27)30-22(4,5)6)14-15-13-16(9-10-17(15)24)28-12-8-7-11-23/h10,13,16,18H,7-9,11-12,14H2,1-6H3,(H,25,27). The highest BCUT2D eigenvalue weighted by molar-refractivity contribution is 14.1. The lowest BCUT2D eigenvalue weighted by molar-refractivity contribution is -0.157. The molecule has 6 nitrogen and oxygen atoms in total. The summed E-state index contributed by atoms with van der Waals surface area (Å²) in [5.41, 5.74) is -0.472. The van der Waals surface area contributed by atoms with E-state index in [1.807, 2.05) is 12.2 Å². The maximum absolute atomic E-state index is 12.8. The molecular weight excluding hydrogens is 504 g/mol. The number of rotatable bonds is 9. The van der Waals surface area contributed by atoms with Crippen molar-refractivity contribution >= 4 is 34.7 Å². The van der Waals surface area contributed by atoms with Gasteiger partial charge >= 0.3 is 12.1 Å². The maximum Gasteiger partial charge on any atom is 0.408 e. The number of alkyl carbamates (subject to hydrolysis) is 1. The van der Waals surface area contributed by atoms with E-state index in [0.29, 0.717) is 25.9 Å². The summed E-state index contributed by atoms with van der Waals surface area (Å²) in [7, 11) is 0. The van der Waals surface area contributed by atoms with E-state index in [4.69, 9.17) is 14.2 Å². The Bertz CT molecular complexity index is 649. The molecule has 2 unspecified atom stereocenters. The van der Waals surface area contributed by atoms with Crippen molar-refractivity contribution in [1.82, 2.24) is 5.32 Å². The van der Waals surface area contributed by atoms with Crippen molar-refractivity contribution < 1.29 is 28.2 Å². The summed E-state index contributed by atoms with van der Waals surface area (Å²) >= 11 is 2.21. The van der Waals surface area contributed by atoms with E-state index in [-0.39, 0.29) is 19.2 Å². The lowest BCUT2D eigenvalue weighted by Crippen LogP contribution is -2.46. The highest BCUT2D eigenvalue weighted by atomic mass is 127. The zero-order valence-corrected chi connectivity index (χ0v) is 21.0. The summed E-state index contributed by atoms with van der Waals surface area (Å²) < 4.78 is 29.9. The van der Waals surface area contributed by atoms with Crippen molar-refractivity contribution in [1.29, 1.82) is 0 Å². The smallest absolute Gasteiger partial charge is 0.408 e. The van der Waals surface area contributed by atoms with Gasteiger partial charge in [0.15, 0.2) is 0 Å². The SMILES string of the molecule is CC(C)(C)OC(=O)NC(CC1=CC(OCCCCF)CC=C1I)C(=O)OC(C)(C)C. The van der Waals surface area contributed by atoms with Crippen molar-refractivity contribution in [3.8, 4) is 0 Å². The molecule has 30 heavy (non-hydrogen) atoms. The van der Waals surface area contributed by atoms with Gasteiger partial charge in [-0.2, -0.15) is 0 Å². The van der Waals surface area contributed by atoms with E-state index in [2.05, 4.69) is 27.9 Å². The van der Waals surface area contributed by atoms with Crippen LogP contribution in [0.5, 0.6) is 0 Å². The Morgan fingerprint density at radius 1 is 1.17 bits per heavy atom. The van der Waals surface area contributed by atoms with Crippen molar-refractivity contribution in [2.75, 3.05) is 13.3 Å². The van der Waals surface area contributed by atoms with Crippen LogP contribution in [0.2, 0.25) is 0 Å². The average molecular weight is 539 g/mol. The van der Waals surface area contributed by atoms with Crippen molar-refractivity contribution in [2.24, 2.45) is 0 Å². The van der Waals surface area contributed by atoms with Gasteiger partial charge in [0.1, 0.15) is 17.2 Å². The fourth-order valence-corrected chi connectivity index (χ4v) is 3.33. The van der Waals surface area contributed by atoms with Crippen LogP contribution in [-0.4, -0.2) is 48.7 Å². The van der Waals surface area contributed by atoms with Crippen LogP contribution < -0.4 is 5.32 Å². The molecule has 0 heterocycles. The summed E-state index contributed by atoms with van der Waals surface area (Å²) in [5.74, 6) is -0.524. The molecule has 0 fully saturated rings. The second-order valence-corrected chi connectivity index (χ2v) is 10.4. The van der Waals surface area contributed by atoms with E-state index in [0.717, 1.165) is 9.15 Å². The van der Waals surface area contributed by atoms with Gasteiger partial charge in [-0.25, -0.2) is 9.59 Å². The molecule has 0 radical (unpaired) electrons. The first kappa shape index (κ1) is 26.9. The van der Waals surface area contributed by atoms with Gasteiger partial charge in [0.05, 0.1) is 12.8 Å². The number of esters is 1. The van der Waals surface area contributed by atoms with Crippen LogP contribution in [0.1, 0.15) is 67.2 Å². The minimum Gasteiger partial charge on any atom is -0.458 e. The van der Waals surface area contributed by atoms with Crippen LogP contribution in [-0.2, 0) is 19.0 Å². The lowest BCUT2D eigenvalue weighted by Gasteiger charge is -2.28. The molecule has 0 aromatic carbocycles. The Hall–Kier alpha value is -1.16. The van der Waals surface area contributed by atoms with Crippen LogP contribution in [0.3, 0.4) is 0 Å². The molecule has 0 aromatic heterocycles. The maximum atomic E-state index is 12.8. The molecule has 1 rings (SSSR count). The quantitative estimate of drug-likeness (QED) is 0.242. The van der Waals surface area contributed by atoms with E-state index in [1.54, 1.807) is 41.5 Å². The van der Waals surface area contributed by atoms with Gasteiger partial charge in [0.25, 0.3) is 0 Å². The van der Waals surface area contributed by atoms with Gasteiger partial charge in [0.2, 0.25) is 0 Å². The van der Waals surface area contributed by atoms with Crippen LogP contribution in [0.15, 0.2) is 21.3 Å². The molecule has 0 spiro atoms. The Kier molecular flexibility index (Phi) is 10.8. The number of hydrogen-bond donors (Lipinski definition) is 1. The van der Waals surface area contributed by atoms with Crippen LogP contribution in [0.4, 0.5) is 9.18 Å². The number of hydrogen-bond acceptors (Lipinski definition) is 5. The molecule has 8 heteroatoms. The normalized spacial score (nSPS) is 18.2. The highest BCUT2D eigenvalue weighted by Crippen LogP contribution is 2.30. The van der Waals surface area contributed by atoms with Crippen molar-refractivity contribution in [2.45, 2.75) is 90.6 Å². The Morgan fingerprint density at radius 3 is 2.37 bits per heavy atom. The molecule has 0 aliphatic heterocycles. The number of allylic oxidation sites excluding steroid dienone is 1. The highest BCUT2D eigenvalue weighted by Gasteiger charge is 2.30. The van der Waals surface area contributed by atoms with E-state index >= 15 is 0 Å². The van der Waals surface area contributed by atoms with Crippen LogP contribution >= 0.6 is 22.6 Å². The number of unbranched alkanes of at least 4 members (excludes halogenated alkanes) is 1. The molecule has 1 N–H and O–H groups in total. The Balaban J connectivity index is 2.91. The third-order valence-electron chi connectivity index (χ3n) is 3.89. The summed E-state index contributed by atoms with van der Waals surface area (Å²) in [6.45, 7) is 10.7. The van der Waals surface area contributed by atoms with Crippen LogP contribution in [0, 0.1) is 0 Å². The largest absolute Gasteiger partial charge is 0.458 e. The van der Waals surface area contributed by atoms with E-state index in [1.165, 1.54) is 0 Å². The van der Waals surface area contributed by atoms with E-state index in [9.17, 15) is 14.0 Å². The van der Waals surface area contributed by atoms with Gasteiger partial charge < -0.3 is 19.5 Å². The summed E-state index contributed by atoms with van der Waals surface area (Å²) in [6.07, 6.45) is 5.31. The number of amides is 1. The van der Waals surface area contributed by atoms with Gasteiger partial charge in [-0.05, 0) is 89.0 Å². The molecule has 2 atom stereocenters.